The number of nitrogens with one attached hydrogen (secondary N) is 2. The fraction of sp³-hybridized carbons (Fsp3) is 0.524. The first-order valence-electron chi connectivity index (χ1n) is 10.4. The molecule has 4 rings (SSSR count). The van der Waals surface area contributed by atoms with Crippen LogP contribution in [0.25, 0.3) is 5.70 Å². The molecule has 0 bridgehead atoms. The summed E-state index contributed by atoms with van der Waals surface area (Å²) in [5.74, 6) is -2.63. The van der Waals surface area contributed by atoms with Crippen LogP contribution in [0.2, 0.25) is 0 Å². The van der Waals surface area contributed by atoms with Crippen molar-refractivity contribution in [1.82, 2.24) is 20.4 Å². The molecule has 1 aromatic carbocycles. The molecule has 0 aliphatic carbocycles. The molecular weight excluding hydrogens is 390 g/mol. The highest BCUT2D eigenvalue weighted by molar-refractivity contribution is 5.70. The Morgan fingerprint density at radius 1 is 1.30 bits per heavy atom. The average Bonchev–Trinajstić information content (AvgIpc) is 2.72. The van der Waals surface area contributed by atoms with Crippen molar-refractivity contribution in [3.8, 4) is 5.75 Å². The van der Waals surface area contributed by atoms with Crippen LogP contribution in [0.1, 0.15) is 12.0 Å². The van der Waals surface area contributed by atoms with E-state index in [1.807, 2.05) is 6.07 Å². The fourth-order valence-corrected chi connectivity index (χ4v) is 4.58. The Morgan fingerprint density at radius 2 is 2.10 bits per heavy atom. The predicted octanol–water partition coefficient (Wildman–Crippen LogP) is 0.654. The molecule has 2 fully saturated rings. The molecule has 2 unspecified atom stereocenters. The van der Waals surface area contributed by atoms with Crippen molar-refractivity contribution in [2.75, 3.05) is 45.8 Å². The molecule has 7 N–H and O–H groups in total. The lowest BCUT2D eigenvalue weighted by molar-refractivity contribution is -0.0871. The van der Waals surface area contributed by atoms with Crippen LogP contribution in [0.3, 0.4) is 0 Å². The Labute approximate surface area is 175 Å². The fourth-order valence-electron chi connectivity index (χ4n) is 4.58. The second-order valence-electron chi connectivity index (χ2n) is 8.33. The SMILES string of the molecule is NC1=C(/C=C(\N)c2ccccc2O)N2CCN(CC3CCNCC3(F)F)CC2CN1. The van der Waals surface area contributed by atoms with Crippen LogP contribution in [-0.4, -0.2) is 72.7 Å². The Hall–Kier alpha value is -2.52. The predicted molar refractivity (Wildman–Crippen MR) is 112 cm³/mol. The molecule has 2 saturated heterocycles. The first-order valence-corrected chi connectivity index (χ1v) is 10.4. The average molecular weight is 421 g/mol. The molecule has 3 aliphatic rings. The molecule has 30 heavy (non-hydrogen) atoms. The minimum Gasteiger partial charge on any atom is -0.507 e. The van der Waals surface area contributed by atoms with Gasteiger partial charge in [0.1, 0.15) is 11.6 Å². The Bertz CT molecular complexity index is 843. The van der Waals surface area contributed by atoms with Gasteiger partial charge in [0.25, 0.3) is 5.92 Å². The monoisotopic (exact) mass is 420 g/mol. The molecular formula is C21H30F2N6O. The summed E-state index contributed by atoms with van der Waals surface area (Å²) in [5.41, 5.74) is 14.2. The molecule has 1 aromatic rings. The number of phenolic OH excluding ortho intramolecular Hbond substituents is 1. The van der Waals surface area contributed by atoms with E-state index in [0.29, 0.717) is 62.8 Å². The summed E-state index contributed by atoms with van der Waals surface area (Å²) in [7, 11) is 0. The van der Waals surface area contributed by atoms with Gasteiger partial charge in [0.05, 0.1) is 18.3 Å². The second kappa shape index (κ2) is 8.31. The summed E-state index contributed by atoms with van der Waals surface area (Å²) in [5, 5.41) is 16.1. The number of alkyl halides is 2. The largest absolute Gasteiger partial charge is 0.507 e. The number of hydrogen-bond acceptors (Lipinski definition) is 7. The van der Waals surface area contributed by atoms with E-state index in [2.05, 4.69) is 20.4 Å². The molecule has 7 nitrogen and oxygen atoms in total. The third kappa shape index (κ3) is 4.17. The number of hydrogen-bond donors (Lipinski definition) is 5. The van der Waals surface area contributed by atoms with Crippen LogP contribution in [0.5, 0.6) is 5.75 Å². The lowest BCUT2D eigenvalue weighted by Gasteiger charge is -2.47. The third-order valence-corrected chi connectivity index (χ3v) is 6.29. The minimum absolute atomic E-state index is 0.110. The van der Waals surface area contributed by atoms with E-state index in [1.165, 1.54) is 0 Å². The standard InChI is InChI=1S/C21H30F2N6O/c22-21(23)13-26-6-5-14(21)11-28-7-8-29-15(12-28)10-27-20(25)18(29)9-17(24)16-3-1-2-4-19(16)30/h1-4,9,14-15,26-27,30H,5-8,10-13,24-25H2/b17-9-. The molecule has 0 saturated carbocycles. The summed E-state index contributed by atoms with van der Waals surface area (Å²) < 4.78 is 28.5. The number of phenols is 1. The summed E-state index contributed by atoms with van der Waals surface area (Å²) in [4.78, 5) is 4.33. The number of aromatic hydroxyl groups is 1. The van der Waals surface area contributed by atoms with Gasteiger partial charge < -0.3 is 32.1 Å². The first kappa shape index (κ1) is 20.7. The normalized spacial score (nSPS) is 27.5. The maximum absolute atomic E-state index is 14.2. The Kier molecular flexibility index (Phi) is 5.75. The summed E-state index contributed by atoms with van der Waals surface area (Å²) in [6.45, 7) is 3.53. The number of piperidine rings is 1. The van der Waals surface area contributed by atoms with Crippen LogP contribution < -0.4 is 22.1 Å². The van der Waals surface area contributed by atoms with Gasteiger partial charge in [0.2, 0.25) is 0 Å². The van der Waals surface area contributed by atoms with Crippen molar-refractivity contribution in [3.63, 3.8) is 0 Å². The zero-order valence-corrected chi connectivity index (χ0v) is 17.0. The van der Waals surface area contributed by atoms with Crippen molar-refractivity contribution in [2.24, 2.45) is 17.4 Å². The van der Waals surface area contributed by atoms with Gasteiger partial charge in [-0.15, -0.1) is 0 Å². The highest BCUT2D eigenvalue weighted by Crippen LogP contribution is 2.32. The van der Waals surface area contributed by atoms with Gasteiger partial charge in [-0.1, -0.05) is 12.1 Å². The van der Waals surface area contributed by atoms with E-state index < -0.39 is 11.8 Å². The van der Waals surface area contributed by atoms with Gasteiger partial charge in [-0.25, -0.2) is 8.78 Å². The number of halogens is 2. The molecule has 0 radical (unpaired) electrons. The number of nitrogens with zero attached hydrogens (tertiary/aromatic N) is 2. The highest BCUT2D eigenvalue weighted by atomic mass is 19.3. The molecule has 9 heteroatoms. The van der Waals surface area contributed by atoms with Gasteiger partial charge in [-0.05, 0) is 31.2 Å². The molecule has 3 heterocycles. The number of allylic oxidation sites excluding steroid dienone is 1. The number of fused-ring (bicyclic) bond motifs is 1. The van der Waals surface area contributed by atoms with Crippen molar-refractivity contribution >= 4 is 5.70 Å². The van der Waals surface area contributed by atoms with Crippen LogP contribution in [0.15, 0.2) is 41.9 Å². The van der Waals surface area contributed by atoms with Crippen molar-refractivity contribution in [3.05, 3.63) is 47.4 Å². The third-order valence-electron chi connectivity index (χ3n) is 6.29. The van der Waals surface area contributed by atoms with Gasteiger partial charge in [-0.3, -0.25) is 4.90 Å². The number of rotatable bonds is 4. The lowest BCUT2D eigenvalue weighted by atomic mass is 9.92. The summed E-state index contributed by atoms with van der Waals surface area (Å²) >= 11 is 0. The minimum atomic E-state index is -2.66. The smallest absolute Gasteiger partial charge is 0.264 e. The number of piperazine rings is 1. The highest BCUT2D eigenvalue weighted by Gasteiger charge is 2.43. The number of para-hydroxylation sites is 1. The van der Waals surface area contributed by atoms with Crippen LogP contribution in [0.4, 0.5) is 8.78 Å². The van der Waals surface area contributed by atoms with Gasteiger partial charge in [0, 0.05) is 49.9 Å². The summed E-state index contributed by atoms with van der Waals surface area (Å²) in [6.07, 6.45) is 2.27. The molecule has 0 spiro atoms. The second-order valence-corrected chi connectivity index (χ2v) is 8.33. The molecule has 2 atom stereocenters. The zero-order valence-electron chi connectivity index (χ0n) is 17.0. The molecule has 3 aliphatic heterocycles. The van der Waals surface area contributed by atoms with E-state index in [4.69, 9.17) is 11.5 Å². The molecule has 0 aromatic heterocycles. The van der Waals surface area contributed by atoms with Gasteiger partial charge in [-0.2, -0.15) is 0 Å². The van der Waals surface area contributed by atoms with Crippen molar-refractivity contribution < 1.29 is 13.9 Å². The lowest BCUT2D eigenvalue weighted by Crippen LogP contribution is -2.61. The topological polar surface area (TPSA) is 103 Å². The number of benzene rings is 1. The van der Waals surface area contributed by atoms with Crippen molar-refractivity contribution in [2.45, 2.75) is 18.4 Å². The van der Waals surface area contributed by atoms with E-state index in [1.54, 1.807) is 24.3 Å². The maximum atomic E-state index is 14.2. The van der Waals surface area contributed by atoms with E-state index >= 15 is 0 Å². The van der Waals surface area contributed by atoms with E-state index in [9.17, 15) is 13.9 Å². The summed E-state index contributed by atoms with van der Waals surface area (Å²) in [6, 6.07) is 7.01. The first-order chi connectivity index (χ1) is 14.3. The van der Waals surface area contributed by atoms with Crippen molar-refractivity contribution in [1.29, 1.82) is 0 Å². The Balaban J connectivity index is 1.47. The van der Waals surface area contributed by atoms with E-state index in [-0.39, 0.29) is 18.3 Å². The van der Waals surface area contributed by atoms with Gasteiger partial charge in [0.15, 0.2) is 0 Å². The van der Waals surface area contributed by atoms with Gasteiger partial charge >= 0.3 is 0 Å². The Morgan fingerprint density at radius 3 is 2.87 bits per heavy atom. The molecule has 0 amide bonds. The maximum Gasteiger partial charge on any atom is 0.264 e. The molecule has 164 valence electrons. The van der Waals surface area contributed by atoms with Crippen LogP contribution in [0, 0.1) is 5.92 Å². The quantitative estimate of drug-likeness (QED) is 0.488. The van der Waals surface area contributed by atoms with Crippen LogP contribution >= 0.6 is 0 Å². The zero-order chi connectivity index (χ0) is 21.3. The number of nitrogens with two attached hydrogens (primary N) is 2. The van der Waals surface area contributed by atoms with Crippen LogP contribution in [-0.2, 0) is 0 Å². The van der Waals surface area contributed by atoms with E-state index in [0.717, 1.165) is 5.70 Å².